The van der Waals surface area contributed by atoms with Gasteiger partial charge in [-0.2, -0.15) is 0 Å². The molecule has 0 N–H and O–H groups in total. The Morgan fingerprint density at radius 1 is 1.47 bits per heavy atom. The van der Waals surface area contributed by atoms with Crippen molar-refractivity contribution in [3.05, 3.63) is 0 Å². The molecule has 1 saturated heterocycles. The SMILES string of the molecule is COC(=O)C1COCCN1C(=O)C(Br)C(C)C. The quantitative estimate of drug-likeness (QED) is 0.572. The molecular weight excluding hydrogens is 290 g/mol. The van der Waals surface area contributed by atoms with Gasteiger partial charge in [0.25, 0.3) is 0 Å². The molecule has 98 valence electrons. The van der Waals surface area contributed by atoms with Crippen LogP contribution in [0.1, 0.15) is 13.8 Å². The van der Waals surface area contributed by atoms with E-state index in [1.165, 1.54) is 12.0 Å². The monoisotopic (exact) mass is 307 g/mol. The third kappa shape index (κ3) is 3.42. The number of halogens is 1. The molecule has 0 radical (unpaired) electrons. The van der Waals surface area contributed by atoms with Gasteiger partial charge in [0.15, 0.2) is 6.04 Å². The summed E-state index contributed by atoms with van der Waals surface area (Å²) >= 11 is 3.36. The zero-order valence-electron chi connectivity index (χ0n) is 10.3. The van der Waals surface area contributed by atoms with Crippen molar-refractivity contribution in [1.82, 2.24) is 4.90 Å². The first-order valence-corrected chi connectivity index (χ1v) is 6.50. The Morgan fingerprint density at radius 3 is 2.65 bits per heavy atom. The molecule has 1 fully saturated rings. The van der Waals surface area contributed by atoms with Gasteiger partial charge in [0.1, 0.15) is 0 Å². The van der Waals surface area contributed by atoms with E-state index >= 15 is 0 Å². The number of morpholine rings is 1. The molecule has 0 aromatic carbocycles. The molecule has 1 aliphatic rings. The van der Waals surface area contributed by atoms with Crippen molar-refractivity contribution in [3.63, 3.8) is 0 Å². The highest BCUT2D eigenvalue weighted by Crippen LogP contribution is 2.19. The molecule has 0 aromatic rings. The van der Waals surface area contributed by atoms with Crippen molar-refractivity contribution < 1.29 is 19.1 Å². The second-order valence-corrected chi connectivity index (χ2v) is 5.28. The number of carbonyl (C=O) groups excluding carboxylic acids is 2. The van der Waals surface area contributed by atoms with Crippen molar-refractivity contribution >= 4 is 27.8 Å². The van der Waals surface area contributed by atoms with Gasteiger partial charge >= 0.3 is 5.97 Å². The topological polar surface area (TPSA) is 55.8 Å². The minimum absolute atomic E-state index is 0.0845. The molecule has 0 saturated carbocycles. The Balaban J connectivity index is 2.77. The van der Waals surface area contributed by atoms with Crippen molar-refractivity contribution in [2.45, 2.75) is 24.7 Å². The smallest absolute Gasteiger partial charge is 0.331 e. The van der Waals surface area contributed by atoms with Gasteiger partial charge in [-0.1, -0.05) is 29.8 Å². The maximum absolute atomic E-state index is 12.2. The number of carbonyl (C=O) groups is 2. The second kappa shape index (κ2) is 6.35. The predicted octanol–water partition coefficient (Wildman–Crippen LogP) is 0.806. The summed E-state index contributed by atoms with van der Waals surface area (Å²) in [5.74, 6) is -0.344. The summed E-state index contributed by atoms with van der Waals surface area (Å²) in [6, 6.07) is -0.625. The van der Waals surface area contributed by atoms with E-state index < -0.39 is 12.0 Å². The van der Waals surface area contributed by atoms with Crippen molar-refractivity contribution in [2.24, 2.45) is 5.92 Å². The third-order valence-corrected chi connectivity index (χ3v) is 4.16. The van der Waals surface area contributed by atoms with E-state index in [2.05, 4.69) is 20.7 Å². The van der Waals surface area contributed by atoms with Gasteiger partial charge in [-0.05, 0) is 5.92 Å². The molecule has 17 heavy (non-hydrogen) atoms. The lowest BCUT2D eigenvalue weighted by Crippen LogP contribution is -2.55. The average molecular weight is 308 g/mol. The van der Waals surface area contributed by atoms with Crippen LogP contribution in [0.25, 0.3) is 0 Å². The van der Waals surface area contributed by atoms with Gasteiger partial charge in [-0.25, -0.2) is 4.79 Å². The number of methoxy groups -OCH3 is 1. The van der Waals surface area contributed by atoms with E-state index in [1.807, 2.05) is 13.8 Å². The number of ether oxygens (including phenoxy) is 2. The molecule has 1 aliphatic heterocycles. The molecule has 0 bridgehead atoms. The molecule has 0 aromatic heterocycles. The predicted molar refractivity (Wildman–Crippen MR) is 65.9 cm³/mol. The van der Waals surface area contributed by atoms with Crippen molar-refractivity contribution in [3.8, 4) is 0 Å². The lowest BCUT2D eigenvalue weighted by atomic mass is 10.1. The van der Waals surface area contributed by atoms with Gasteiger partial charge in [-0.3, -0.25) is 4.79 Å². The normalized spacial score (nSPS) is 22.4. The lowest BCUT2D eigenvalue weighted by molar-refractivity contribution is -0.160. The summed E-state index contributed by atoms with van der Waals surface area (Å²) in [5.41, 5.74) is 0. The standard InChI is InChI=1S/C11H18BrNO4/c1-7(2)9(12)10(14)13-4-5-17-6-8(13)11(15)16-3/h7-9H,4-6H2,1-3H3. The lowest BCUT2D eigenvalue weighted by Gasteiger charge is -2.35. The fourth-order valence-electron chi connectivity index (χ4n) is 1.64. The van der Waals surface area contributed by atoms with E-state index in [4.69, 9.17) is 4.74 Å². The summed E-state index contributed by atoms with van der Waals surface area (Å²) < 4.78 is 9.90. The fourth-order valence-corrected chi connectivity index (χ4v) is 1.91. The highest BCUT2D eigenvalue weighted by Gasteiger charge is 2.36. The molecule has 5 nitrogen and oxygen atoms in total. The molecule has 1 rings (SSSR count). The van der Waals surface area contributed by atoms with Gasteiger partial charge in [0.2, 0.25) is 5.91 Å². The zero-order valence-corrected chi connectivity index (χ0v) is 11.9. The molecule has 1 amide bonds. The summed E-state index contributed by atoms with van der Waals surface area (Å²) in [6.45, 7) is 4.98. The van der Waals surface area contributed by atoms with Crippen LogP contribution in [0.5, 0.6) is 0 Å². The Kier molecular flexibility index (Phi) is 5.39. The summed E-state index contributed by atoms with van der Waals surface area (Å²) in [5, 5.41) is 0. The molecule has 6 heteroatoms. The fraction of sp³-hybridized carbons (Fsp3) is 0.818. The average Bonchev–Trinajstić information content (AvgIpc) is 2.35. The van der Waals surface area contributed by atoms with Crippen molar-refractivity contribution in [2.75, 3.05) is 26.9 Å². The number of alkyl halides is 1. The summed E-state index contributed by atoms with van der Waals surface area (Å²) in [4.78, 5) is 25.0. The first-order valence-electron chi connectivity index (χ1n) is 5.59. The van der Waals surface area contributed by atoms with Crippen LogP contribution < -0.4 is 0 Å². The number of esters is 1. The van der Waals surface area contributed by atoms with E-state index in [-0.39, 0.29) is 23.3 Å². The minimum atomic E-state index is -0.625. The molecule has 1 heterocycles. The number of nitrogens with zero attached hydrogens (tertiary/aromatic N) is 1. The molecule has 0 aliphatic carbocycles. The Bertz CT molecular complexity index is 295. The molecule has 2 atom stereocenters. The van der Waals surface area contributed by atoms with Gasteiger partial charge in [0.05, 0.1) is 25.2 Å². The van der Waals surface area contributed by atoms with Crippen LogP contribution in [0.3, 0.4) is 0 Å². The van der Waals surface area contributed by atoms with E-state index in [9.17, 15) is 9.59 Å². The Hall–Kier alpha value is -0.620. The second-order valence-electron chi connectivity index (χ2n) is 4.29. The third-order valence-electron chi connectivity index (χ3n) is 2.71. The largest absolute Gasteiger partial charge is 0.467 e. The van der Waals surface area contributed by atoms with Gasteiger partial charge in [0, 0.05) is 6.54 Å². The number of hydrogen-bond acceptors (Lipinski definition) is 4. The van der Waals surface area contributed by atoms with E-state index in [1.54, 1.807) is 0 Å². The number of rotatable bonds is 3. The zero-order chi connectivity index (χ0) is 13.0. The summed E-state index contributed by atoms with van der Waals surface area (Å²) in [7, 11) is 1.31. The first-order chi connectivity index (χ1) is 7.99. The molecule has 0 spiro atoms. The Morgan fingerprint density at radius 2 is 2.12 bits per heavy atom. The van der Waals surface area contributed by atoms with E-state index in [0.717, 1.165) is 0 Å². The maximum Gasteiger partial charge on any atom is 0.331 e. The van der Waals surface area contributed by atoms with Crippen LogP contribution in [-0.4, -0.2) is 54.5 Å². The number of hydrogen-bond donors (Lipinski definition) is 0. The highest BCUT2D eigenvalue weighted by atomic mass is 79.9. The minimum Gasteiger partial charge on any atom is -0.467 e. The van der Waals surface area contributed by atoms with Gasteiger partial charge < -0.3 is 14.4 Å². The van der Waals surface area contributed by atoms with Crippen LogP contribution in [0, 0.1) is 5.92 Å². The molecular formula is C11H18BrNO4. The molecule has 2 unspecified atom stereocenters. The summed E-state index contributed by atoms with van der Waals surface area (Å²) in [6.07, 6.45) is 0. The van der Waals surface area contributed by atoms with Crippen LogP contribution in [-0.2, 0) is 19.1 Å². The van der Waals surface area contributed by atoms with Crippen LogP contribution in [0.4, 0.5) is 0 Å². The Labute approximate surface area is 110 Å². The van der Waals surface area contributed by atoms with Crippen LogP contribution in [0.2, 0.25) is 0 Å². The highest BCUT2D eigenvalue weighted by molar-refractivity contribution is 9.10. The first kappa shape index (κ1) is 14.4. The van der Waals surface area contributed by atoms with Crippen LogP contribution in [0.15, 0.2) is 0 Å². The van der Waals surface area contributed by atoms with Gasteiger partial charge in [-0.15, -0.1) is 0 Å². The van der Waals surface area contributed by atoms with E-state index in [0.29, 0.717) is 13.2 Å². The van der Waals surface area contributed by atoms with Crippen LogP contribution >= 0.6 is 15.9 Å². The number of amides is 1. The maximum atomic E-state index is 12.2. The van der Waals surface area contributed by atoms with Crippen molar-refractivity contribution in [1.29, 1.82) is 0 Å².